The summed E-state index contributed by atoms with van der Waals surface area (Å²) in [5.41, 5.74) is 1.01. The highest BCUT2D eigenvalue weighted by Crippen LogP contribution is 2.27. The van der Waals surface area contributed by atoms with Gasteiger partial charge in [-0.2, -0.15) is 4.31 Å². The van der Waals surface area contributed by atoms with E-state index >= 15 is 0 Å². The van der Waals surface area contributed by atoms with E-state index < -0.39 is 10.0 Å². The standard InChI is InChI=1S/C17H28N2O5S/c1-13(2)19(25(5,21)22)11-9-17(20)18-10-8-14-6-7-15(23-3)16(12-14)24-4/h6-7,12-13H,8-11H2,1-5H3,(H,18,20). The van der Waals surface area contributed by atoms with Crippen molar-refractivity contribution < 1.29 is 22.7 Å². The van der Waals surface area contributed by atoms with Crippen LogP contribution in [0.2, 0.25) is 0 Å². The van der Waals surface area contributed by atoms with Gasteiger partial charge in [-0.05, 0) is 38.0 Å². The summed E-state index contributed by atoms with van der Waals surface area (Å²) >= 11 is 0. The molecule has 0 saturated heterocycles. The lowest BCUT2D eigenvalue weighted by Crippen LogP contribution is -2.39. The monoisotopic (exact) mass is 372 g/mol. The van der Waals surface area contributed by atoms with Crippen molar-refractivity contribution in [2.45, 2.75) is 32.7 Å². The van der Waals surface area contributed by atoms with Crippen molar-refractivity contribution in [2.75, 3.05) is 33.6 Å². The Hall–Kier alpha value is -1.80. The van der Waals surface area contributed by atoms with Crippen molar-refractivity contribution in [3.63, 3.8) is 0 Å². The summed E-state index contributed by atoms with van der Waals surface area (Å²) in [5.74, 6) is 1.13. The van der Waals surface area contributed by atoms with Gasteiger partial charge < -0.3 is 14.8 Å². The highest BCUT2D eigenvalue weighted by molar-refractivity contribution is 7.88. The zero-order valence-electron chi connectivity index (χ0n) is 15.5. The predicted octanol–water partition coefficient (Wildman–Crippen LogP) is 1.42. The minimum absolute atomic E-state index is 0.136. The average Bonchev–Trinajstić information content (AvgIpc) is 2.53. The van der Waals surface area contributed by atoms with E-state index in [1.165, 1.54) is 4.31 Å². The summed E-state index contributed by atoms with van der Waals surface area (Å²) in [5, 5.41) is 2.81. The lowest BCUT2D eigenvalue weighted by Gasteiger charge is -2.23. The minimum atomic E-state index is -3.31. The Balaban J connectivity index is 2.47. The number of hydrogen-bond donors (Lipinski definition) is 1. The maximum Gasteiger partial charge on any atom is 0.221 e. The predicted molar refractivity (Wildman–Crippen MR) is 97.6 cm³/mol. The Bertz CT molecular complexity index is 674. The highest BCUT2D eigenvalue weighted by Gasteiger charge is 2.20. The molecule has 1 N–H and O–H groups in total. The molecule has 0 spiro atoms. The Morgan fingerprint density at radius 2 is 1.84 bits per heavy atom. The smallest absolute Gasteiger partial charge is 0.221 e. The Kier molecular flexibility index (Phi) is 8.18. The lowest BCUT2D eigenvalue weighted by atomic mass is 10.1. The van der Waals surface area contributed by atoms with E-state index in [-0.39, 0.29) is 24.9 Å². The molecule has 0 saturated carbocycles. The van der Waals surface area contributed by atoms with Crippen molar-refractivity contribution in [1.29, 1.82) is 0 Å². The summed E-state index contributed by atoms with van der Waals surface area (Å²) in [6, 6.07) is 5.43. The van der Waals surface area contributed by atoms with Gasteiger partial charge in [0.25, 0.3) is 0 Å². The molecule has 1 aromatic rings. The van der Waals surface area contributed by atoms with E-state index in [1.54, 1.807) is 28.1 Å². The molecule has 1 aromatic carbocycles. The number of hydrogen-bond acceptors (Lipinski definition) is 5. The highest BCUT2D eigenvalue weighted by atomic mass is 32.2. The number of amides is 1. The molecule has 0 fully saturated rings. The molecular weight excluding hydrogens is 344 g/mol. The number of ether oxygens (including phenoxy) is 2. The van der Waals surface area contributed by atoms with E-state index in [9.17, 15) is 13.2 Å². The molecule has 0 unspecified atom stereocenters. The van der Waals surface area contributed by atoms with Crippen LogP contribution in [-0.2, 0) is 21.2 Å². The first-order valence-electron chi connectivity index (χ1n) is 8.13. The normalized spacial score (nSPS) is 11.6. The van der Waals surface area contributed by atoms with E-state index in [0.717, 1.165) is 11.8 Å². The third kappa shape index (κ3) is 6.91. The molecule has 0 heterocycles. The zero-order chi connectivity index (χ0) is 19.0. The molecule has 0 aromatic heterocycles. The molecular formula is C17H28N2O5S. The molecule has 0 atom stereocenters. The van der Waals surface area contributed by atoms with Gasteiger partial charge in [-0.3, -0.25) is 4.79 Å². The molecule has 142 valence electrons. The van der Waals surface area contributed by atoms with Gasteiger partial charge in [-0.1, -0.05) is 6.07 Å². The lowest BCUT2D eigenvalue weighted by molar-refractivity contribution is -0.121. The molecule has 1 rings (SSSR count). The molecule has 0 aliphatic heterocycles. The molecule has 1 amide bonds. The van der Waals surface area contributed by atoms with E-state index in [4.69, 9.17) is 9.47 Å². The minimum Gasteiger partial charge on any atom is -0.493 e. The maximum absolute atomic E-state index is 11.9. The molecule has 0 aliphatic carbocycles. The van der Waals surface area contributed by atoms with Crippen LogP contribution < -0.4 is 14.8 Å². The van der Waals surface area contributed by atoms with Gasteiger partial charge in [0.05, 0.1) is 20.5 Å². The SMILES string of the molecule is COc1ccc(CCNC(=O)CCN(C(C)C)S(C)(=O)=O)cc1OC. The maximum atomic E-state index is 11.9. The van der Waals surface area contributed by atoms with E-state index in [0.29, 0.717) is 24.5 Å². The van der Waals surface area contributed by atoms with Gasteiger partial charge in [0.1, 0.15) is 0 Å². The van der Waals surface area contributed by atoms with Gasteiger partial charge >= 0.3 is 0 Å². The van der Waals surface area contributed by atoms with Crippen LogP contribution in [0.15, 0.2) is 18.2 Å². The number of nitrogens with one attached hydrogen (secondary N) is 1. The second-order valence-corrected chi connectivity index (χ2v) is 7.94. The second-order valence-electron chi connectivity index (χ2n) is 6.01. The number of benzene rings is 1. The van der Waals surface area contributed by atoms with Crippen LogP contribution in [0, 0.1) is 0 Å². The number of carbonyl (C=O) groups excluding carboxylic acids is 1. The summed E-state index contributed by atoms with van der Waals surface area (Å²) in [6.07, 6.45) is 1.94. The third-order valence-corrected chi connectivity index (χ3v) is 5.20. The Morgan fingerprint density at radius 1 is 1.20 bits per heavy atom. The molecule has 8 heteroatoms. The van der Waals surface area contributed by atoms with Crippen LogP contribution in [0.25, 0.3) is 0 Å². The average molecular weight is 372 g/mol. The summed E-state index contributed by atoms with van der Waals surface area (Å²) in [4.78, 5) is 11.9. The van der Waals surface area contributed by atoms with Gasteiger partial charge in [0, 0.05) is 25.6 Å². The second kappa shape index (κ2) is 9.62. The molecule has 0 radical (unpaired) electrons. The van der Waals surface area contributed by atoms with Crippen molar-refractivity contribution in [3.8, 4) is 11.5 Å². The van der Waals surface area contributed by atoms with Crippen LogP contribution in [0.5, 0.6) is 11.5 Å². The molecule has 0 bridgehead atoms. The fourth-order valence-corrected chi connectivity index (χ4v) is 3.68. The number of rotatable bonds is 10. The number of methoxy groups -OCH3 is 2. The fraction of sp³-hybridized carbons (Fsp3) is 0.588. The summed E-state index contributed by atoms with van der Waals surface area (Å²) in [6.45, 7) is 4.22. The van der Waals surface area contributed by atoms with Crippen LogP contribution >= 0.6 is 0 Å². The van der Waals surface area contributed by atoms with Gasteiger partial charge in [-0.25, -0.2) is 8.42 Å². The van der Waals surface area contributed by atoms with Gasteiger partial charge in [-0.15, -0.1) is 0 Å². The van der Waals surface area contributed by atoms with Crippen LogP contribution in [0.1, 0.15) is 25.8 Å². The first-order valence-corrected chi connectivity index (χ1v) is 9.98. The number of sulfonamides is 1. The first kappa shape index (κ1) is 21.2. The Labute approximate surface area is 150 Å². The third-order valence-electron chi connectivity index (χ3n) is 3.74. The van der Waals surface area contributed by atoms with Crippen molar-refractivity contribution >= 4 is 15.9 Å². The quantitative estimate of drug-likeness (QED) is 0.671. The summed E-state index contributed by atoms with van der Waals surface area (Å²) in [7, 11) is -0.157. The van der Waals surface area contributed by atoms with Gasteiger partial charge in [0.15, 0.2) is 11.5 Å². The van der Waals surface area contributed by atoms with Gasteiger partial charge in [0.2, 0.25) is 15.9 Å². The van der Waals surface area contributed by atoms with E-state index in [2.05, 4.69) is 5.32 Å². The van der Waals surface area contributed by atoms with Crippen molar-refractivity contribution in [2.24, 2.45) is 0 Å². The van der Waals surface area contributed by atoms with Crippen molar-refractivity contribution in [3.05, 3.63) is 23.8 Å². The Morgan fingerprint density at radius 3 is 2.36 bits per heavy atom. The first-order chi connectivity index (χ1) is 11.7. The van der Waals surface area contributed by atoms with Crippen molar-refractivity contribution in [1.82, 2.24) is 9.62 Å². The van der Waals surface area contributed by atoms with Crippen LogP contribution in [0.3, 0.4) is 0 Å². The molecule has 25 heavy (non-hydrogen) atoms. The largest absolute Gasteiger partial charge is 0.493 e. The number of nitrogens with zero attached hydrogens (tertiary/aromatic N) is 1. The molecule has 7 nitrogen and oxygen atoms in total. The van der Waals surface area contributed by atoms with Crippen LogP contribution in [0.4, 0.5) is 0 Å². The number of carbonyl (C=O) groups is 1. The zero-order valence-corrected chi connectivity index (χ0v) is 16.4. The fourth-order valence-electron chi connectivity index (χ4n) is 2.49. The van der Waals surface area contributed by atoms with E-state index in [1.807, 2.05) is 18.2 Å². The topological polar surface area (TPSA) is 84.9 Å². The summed E-state index contributed by atoms with van der Waals surface area (Å²) < 4.78 is 35.1. The van der Waals surface area contributed by atoms with Crippen LogP contribution in [-0.4, -0.2) is 58.2 Å². The molecule has 0 aliphatic rings.